The Morgan fingerprint density at radius 1 is 1.32 bits per heavy atom. The molecule has 1 aromatic rings. The fourth-order valence-electron chi connectivity index (χ4n) is 2.70. The summed E-state index contributed by atoms with van der Waals surface area (Å²) in [7, 11) is 0. The average Bonchev–Trinajstić information content (AvgIpc) is 2.80. The van der Waals surface area contributed by atoms with Crippen molar-refractivity contribution in [3.63, 3.8) is 0 Å². The van der Waals surface area contributed by atoms with Crippen molar-refractivity contribution in [2.24, 2.45) is 11.8 Å². The van der Waals surface area contributed by atoms with Gasteiger partial charge in [0.05, 0.1) is 5.92 Å². The van der Waals surface area contributed by atoms with Crippen LogP contribution in [0.5, 0.6) is 11.5 Å². The Hall–Kier alpha value is -1.75. The summed E-state index contributed by atoms with van der Waals surface area (Å²) in [5.41, 5.74) is 0.697. The number of aromatic hydroxyl groups is 2. The fraction of sp³-hybridized carbons (Fsp3) is 0.500. The predicted molar refractivity (Wildman–Crippen MR) is 69.9 cm³/mol. The number of nitrogens with one attached hydrogen (secondary N) is 1. The SMILES string of the molecule is O=C(O)C1CCCC1CNCc1ccc(O)cc1O. The van der Waals surface area contributed by atoms with Crippen molar-refractivity contribution < 1.29 is 20.1 Å². The lowest BCUT2D eigenvalue weighted by Gasteiger charge is -2.16. The van der Waals surface area contributed by atoms with E-state index in [0.29, 0.717) is 18.7 Å². The number of aliphatic carboxylic acids is 1. The second kappa shape index (κ2) is 5.93. The van der Waals surface area contributed by atoms with Crippen molar-refractivity contribution in [3.05, 3.63) is 23.8 Å². The molecule has 5 nitrogen and oxygen atoms in total. The van der Waals surface area contributed by atoms with Gasteiger partial charge < -0.3 is 20.6 Å². The molecule has 0 spiro atoms. The number of rotatable bonds is 5. The molecule has 104 valence electrons. The van der Waals surface area contributed by atoms with Gasteiger partial charge in [-0.05, 0) is 31.4 Å². The molecule has 2 unspecified atom stereocenters. The third-order valence-corrected chi connectivity index (χ3v) is 3.77. The molecule has 0 aliphatic heterocycles. The Kier molecular flexibility index (Phi) is 4.27. The number of phenols is 2. The zero-order chi connectivity index (χ0) is 13.8. The van der Waals surface area contributed by atoms with Gasteiger partial charge in [0.25, 0.3) is 0 Å². The van der Waals surface area contributed by atoms with Crippen molar-refractivity contribution in [1.29, 1.82) is 0 Å². The maximum atomic E-state index is 11.0. The normalized spacial score (nSPS) is 22.5. The van der Waals surface area contributed by atoms with Crippen LogP contribution in [0.2, 0.25) is 0 Å². The standard InChI is InChI=1S/C14H19NO4/c16-11-5-4-10(13(17)6-11)8-15-7-9-2-1-3-12(9)14(18)19/h4-6,9,12,15-17H,1-3,7-8H2,(H,18,19). The van der Waals surface area contributed by atoms with E-state index in [9.17, 15) is 15.0 Å². The van der Waals surface area contributed by atoms with Crippen LogP contribution in [0.4, 0.5) is 0 Å². The van der Waals surface area contributed by atoms with E-state index in [1.807, 2.05) is 0 Å². The van der Waals surface area contributed by atoms with Gasteiger partial charge >= 0.3 is 5.97 Å². The van der Waals surface area contributed by atoms with Crippen molar-refractivity contribution in [2.45, 2.75) is 25.8 Å². The maximum Gasteiger partial charge on any atom is 0.306 e. The van der Waals surface area contributed by atoms with Crippen LogP contribution >= 0.6 is 0 Å². The van der Waals surface area contributed by atoms with Gasteiger partial charge in [-0.3, -0.25) is 4.79 Å². The third kappa shape index (κ3) is 3.38. The Morgan fingerprint density at radius 3 is 2.79 bits per heavy atom. The number of hydrogen-bond donors (Lipinski definition) is 4. The molecular formula is C14H19NO4. The number of benzene rings is 1. The van der Waals surface area contributed by atoms with Crippen LogP contribution in [0.25, 0.3) is 0 Å². The summed E-state index contributed by atoms with van der Waals surface area (Å²) in [5.74, 6) is -0.717. The van der Waals surface area contributed by atoms with Crippen LogP contribution in [0.3, 0.4) is 0 Å². The number of carboxylic acid groups (broad SMARTS) is 1. The predicted octanol–water partition coefficient (Wildman–Crippen LogP) is 1.69. The van der Waals surface area contributed by atoms with Gasteiger partial charge in [-0.15, -0.1) is 0 Å². The van der Waals surface area contributed by atoms with Crippen LogP contribution in [-0.4, -0.2) is 27.8 Å². The monoisotopic (exact) mass is 265 g/mol. The molecule has 0 radical (unpaired) electrons. The summed E-state index contributed by atoms with van der Waals surface area (Å²) in [6.45, 7) is 1.10. The molecule has 2 atom stereocenters. The summed E-state index contributed by atoms with van der Waals surface area (Å²) < 4.78 is 0. The molecule has 2 rings (SSSR count). The van der Waals surface area contributed by atoms with E-state index in [1.165, 1.54) is 12.1 Å². The van der Waals surface area contributed by atoms with Gasteiger partial charge in [0.15, 0.2) is 0 Å². The van der Waals surface area contributed by atoms with Crippen LogP contribution in [-0.2, 0) is 11.3 Å². The van der Waals surface area contributed by atoms with E-state index in [2.05, 4.69) is 5.32 Å². The van der Waals surface area contributed by atoms with Crippen molar-refractivity contribution >= 4 is 5.97 Å². The molecule has 0 bridgehead atoms. The molecular weight excluding hydrogens is 246 g/mol. The molecule has 1 aromatic carbocycles. The lowest BCUT2D eigenvalue weighted by molar-refractivity contribution is -0.142. The topological polar surface area (TPSA) is 89.8 Å². The summed E-state index contributed by atoms with van der Waals surface area (Å²) in [4.78, 5) is 11.0. The minimum Gasteiger partial charge on any atom is -0.508 e. The van der Waals surface area contributed by atoms with Crippen LogP contribution in [0, 0.1) is 11.8 Å². The molecule has 0 amide bonds. The highest BCUT2D eigenvalue weighted by atomic mass is 16.4. The van der Waals surface area contributed by atoms with Gasteiger partial charge in [0.1, 0.15) is 11.5 Å². The fourth-order valence-corrected chi connectivity index (χ4v) is 2.70. The number of hydrogen-bond acceptors (Lipinski definition) is 4. The molecule has 4 N–H and O–H groups in total. The van der Waals surface area contributed by atoms with Gasteiger partial charge in [0, 0.05) is 18.2 Å². The minimum absolute atomic E-state index is 0.0305. The summed E-state index contributed by atoms with van der Waals surface area (Å²) >= 11 is 0. The highest BCUT2D eigenvalue weighted by Gasteiger charge is 2.32. The van der Waals surface area contributed by atoms with Gasteiger partial charge in [0.2, 0.25) is 0 Å². The lowest BCUT2D eigenvalue weighted by atomic mass is 9.96. The zero-order valence-corrected chi connectivity index (χ0v) is 10.7. The summed E-state index contributed by atoms with van der Waals surface area (Å²) in [5, 5.41) is 31.1. The molecule has 1 saturated carbocycles. The minimum atomic E-state index is -0.711. The van der Waals surface area contributed by atoms with Crippen molar-refractivity contribution in [3.8, 4) is 11.5 Å². The summed E-state index contributed by atoms with van der Waals surface area (Å²) in [6, 6.07) is 4.47. The molecule has 19 heavy (non-hydrogen) atoms. The zero-order valence-electron chi connectivity index (χ0n) is 10.7. The molecule has 5 heteroatoms. The number of phenolic OH excluding ortho intramolecular Hbond substituents is 2. The van der Waals surface area contributed by atoms with E-state index in [-0.39, 0.29) is 23.3 Å². The van der Waals surface area contributed by atoms with E-state index in [4.69, 9.17) is 5.11 Å². The van der Waals surface area contributed by atoms with Crippen molar-refractivity contribution in [2.75, 3.05) is 6.54 Å². The molecule has 1 aliphatic rings. The average molecular weight is 265 g/mol. The van der Waals surface area contributed by atoms with Gasteiger partial charge in [-0.25, -0.2) is 0 Å². The largest absolute Gasteiger partial charge is 0.508 e. The van der Waals surface area contributed by atoms with E-state index < -0.39 is 5.97 Å². The molecule has 0 saturated heterocycles. The van der Waals surface area contributed by atoms with Crippen molar-refractivity contribution in [1.82, 2.24) is 5.32 Å². The quantitative estimate of drug-likeness (QED) is 0.650. The number of carboxylic acids is 1. The van der Waals surface area contributed by atoms with E-state index >= 15 is 0 Å². The Balaban J connectivity index is 1.84. The molecule has 1 fully saturated rings. The first kappa shape index (κ1) is 13.7. The Bertz CT molecular complexity index is 461. The van der Waals surface area contributed by atoms with Crippen LogP contribution in [0.1, 0.15) is 24.8 Å². The Morgan fingerprint density at radius 2 is 2.11 bits per heavy atom. The highest BCUT2D eigenvalue weighted by Crippen LogP contribution is 2.31. The lowest BCUT2D eigenvalue weighted by Crippen LogP contribution is -2.28. The highest BCUT2D eigenvalue weighted by molar-refractivity contribution is 5.70. The van der Waals surface area contributed by atoms with Crippen LogP contribution < -0.4 is 5.32 Å². The first-order chi connectivity index (χ1) is 9.08. The second-order valence-corrected chi connectivity index (χ2v) is 5.08. The molecule has 0 aromatic heterocycles. The summed E-state index contributed by atoms with van der Waals surface area (Å²) in [6.07, 6.45) is 2.66. The first-order valence-electron chi connectivity index (χ1n) is 6.52. The maximum absolute atomic E-state index is 11.0. The Labute approximate surface area is 111 Å². The molecule has 1 aliphatic carbocycles. The first-order valence-corrected chi connectivity index (χ1v) is 6.52. The van der Waals surface area contributed by atoms with Gasteiger partial charge in [-0.2, -0.15) is 0 Å². The molecule has 0 heterocycles. The number of carbonyl (C=O) groups is 1. The van der Waals surface area contributed by atoms with Crippen LogP contribution in [0.15, 0.2) is 18.2 Å². The smallest absolute Gasteiger partial charge is 0.306 e. The van der Waals surface area contributed by atoms with E-state index in [0.717, 1.165) is 19.3 Å². The second-order valence-electron chi connectivity index (χ2n) is 5.08. The van der Waals surface area contributed by atoms with E-state index in [1.54, 1.807) is 6.07 Å². The van der Waals surface area contributed by atoms with Gasteiger partial charge in [-0.1, -0.05) is 12.5 Å². The third-order valence-electron chi connectivity index (χ3n) is 3.77.